The fraction of sp³-hybridized carbons (Fsp3) is 0.700. The molecule has 0 saturated carbocycles. The summed E-state index contributed by atoms with van der Waals surface area (Å²) in [6.45, 7) is 6.23. The molecule has 3 heteroatoms. The Morgan fingerprint density at radius 3 is 2.92 bits per heavy atom. The van der Waals surface area contributed by atoms with Crippen LogP contribution in [0.2, 0.25) is 0 Å². The Labute approximate surface area is 78.8 Å². The van der Waals surface area contributed by atoms with Crippen LogP contribution in [0.15, 0.2) is 4.42 Å². The summed E-state index contributed by atoms with van der Waals surface area (Å²) < 4.78 is 5.69. The van der Waals surface area contributed by atoms with Crippen LogP contribution in [0.4, 0.5) is 0 Å². The number of oxazole rings is 1. The van der Waals surface area contributed by atoms with E-state index in [1.54, 1.807) is 0 Å². The largest absolute Gasteiger partial charge is 0.444 e. The Kier molecular flexibility index (Phi) is 2.12. The highest BCUT2D eigenvalue weighted by Gasteiger charge is 2.20. The lowest BCUT2D eigenvalue weighted by Crippen LogP contribution is -2.25. The third-order valence-corrected chi connectivity index (χ3v) is 2.43. The Hall–Kier alpha value is -0.830. The summed E-state index contributed by atoms with van der Waals surface area (Å²) in [5, 5.41) is 0. The molecule has 1 aromatic heterocycles. The second kappa shape index (κ2) is 3.14. The quantitative estimate of drug-likeness (QED) is 0.659. The lowest BCUT2D eigenvalue weighted by molar-refractivity contribution is 0.272. The van der Waals surface area contributed by atoms with Crippen LogP contribution >= 0.6 is 0 Å². The molecule has 0 aromatic carbocycles. The van der Waals surface area contributed by atoms with E-state index < -0.39 is 0 Å². The van der Waals surface area contributed by atoms with Crippen LogP contribution in [0.1, 0.15) is 37.1 Å². The van der Waals surface area contributed by atoms with E-state index in [-0.39, 0.29) is 0 Å². The lowest BCUT2D eigenvalue weighted by atomic mass is 10.2. The fourth-order valence-electron chi connectivity index (χ4n) is 1.59. The van der Waals surface area contributed by atoms with Crippen LogP contribution in [0, 0.1) is 0 Å². The van der Waals surface area contributed by atoms with Crippen LogP contribution < -0.4 is 0 Å². The molecule has 1 aromatic rings. The number of nitrogens with zero attached hydrogens (tertiary/aromatic N) is 2. The van der Waals surface area contributed by atoms with Gasteiger partial charge in [-0.25, -0.2) is 4.98 Å². The molecule has 2 heterocycles. The SMILES string of the molecule is CC(C)c1nc2c(o1)CN(C)CC2. The van der Waals surface area contributed by atoms with Crippen LogP contribution in [0.5, 0.6) is 0 Å². The van der Waals surface area contributed by atoms with E-state index in [0.29, 0.717) is 5.92 Å². The van der Waals surface area contributed by atoms with Crippen molar-refractivity contribution in [1.29, 1.82) is 0 Å². The second-order valence-electron chi connectivity index (χ2n) is 4.06. The average molecular weight is 180 g/mol. The van der Waals surface area contributed by atoms with Crippen molar-refractivity contribution in [1.82, 2.24) is 9.88 Å². The number of hydrogen-bond acceptors (Lipinski definition) is 3. The molecule has 2 rings (SSSR count). The lowest BCUT2D eigenvalue weighted by Gasteiger charge is -2.19. The first-order chi connectivity index (χ1) is 6.16. The van der Waals surface area contributed by atoms with Crippen molar-refractivity contribution in [2.24, 2.45) is 0 Å². The third-order valence-electron chi connectivity index (χ3n) is 2.43. The number of rotatable bonds is 1. The molecule has 0 atom stereocenters. The predicted octanol–water partition coefficient (Wildman–Crippen LogP) is 1.79. The zero-order valence-electron chi connectivity index (χ0n) is 8.50. The standard InChI is InChI=1S/C10H16N2O/c1-7(2)10-11-8-4-5-12(3)6-9(8)13-10/h7H,4-6H2,1-3H3. The normalized spacial score (nSPS) is 17.8. The van der Waals surface area contributed by atoms with E-state index >= 15 is 0 Å². The van der Waals surface area contributed by atoms with E-state index in [1.807, 2.05) is 0 Å². The molecule has 0 aliphatic carbocycles. The van der Waals surface area contributed by atoms with Gasteiger partial charge >= 0.3 is 0 Å². The van der Waals surface area contributed by atoms with E-state index in [0.717, 1.165) is 31.2 Å². The Balaban J connectivity index is 2.28. The molecule has 0 spiro atoms. The van der Waals surface area contributed by atoms with Crippen molar-refractivity contribution in [3.8, 4) is 0 Å². The minimum absolute atomic E-state index is 0.399. The minimum Gasteiger partial charge on any atom is -0.444 e. The van der Waals surface area contributed by atoms with Gasteiger partial charge in [0, 0.05) is 18.9 Å². The summed E-state index contributed by atoms with van der Waals surface area (Å²) in [5.74, 6) is 2.36. The maximum atomic E-state index is 5.69. The van der Waals surface area contributed by atoms with Gasteiger partial charge in [-0.3, -0.25) is 4.90 Å². The van der Waals surface area contributed by atoms with Gasteiger partial charge in [0.1, 0.15) is 5.76 Å². The molecular weight excluding hydrogens is 164 g/mol. The van der Waals surface area contributed by atoms with Crippen LogP contribution in [-0.4, -0.2) is 23.5 Å². The number of hydrogen-bond donors (Lipinski definition) is 0. The summed E-state index contributed by atoms with van der Waals surface area (Å²) in [6, 6.07) is 0. The van der Waals surface area contributed by atoms with Gasteiger partial charge in [-0.15, -0.1) is 0 Å². The first-order valence-electron chi connectivity index (χ1n) is 4.84. The minimum atomic E-state index is 0.399. The first kappa shape index (κ1) is 8.75. The predicted molar refractivity (Wildman–Crippen MR) is 50.6 cm³/mol. The summed E-state index contributed by atoms with van der Waals surface area (Å²) in [6.07, 6.45) is 1.03. The molecule has 0 amide bonds. The maximum Gasteiger partial charge on any atom is 0.197 e. The highest BCUT2D eigenvalue weighted by Crippen LogP contribution is 2.22. The van der Waals surface area contributed by atoms with Gasteiger partial charge in [-0.1, -0.05) is 13.8 Å². The molecule has 0 bridgehead atoms. The van der Waals surface area contributed by atoms with Crippen molar-refractivity contribution in [3.05, 3.63) is 17.3 Å². The van der Waals surface area contributed by atoms with Crippen molar-refractivity contribution in [2.45, 2.75) is 32.7 Å². The molecule has 3 nitrogen and oxygen atoms in total. The molecule has 0 radical (unpaired) electrons. The van der Waals surface area contributed by atoms with Gasteiger partial charge in [-0.2, -0.15) is 0 Å². The third kappa shape index (κ3) is 1.61. The van der Waals surface area contributed by atoms with E-state index in [2.05, 4.69) is 30.8 Å². The molecule has 72 valence electrons. The molecule has 0 saturated heterocycles. The first-order valence-corrected chi connectivity index (χ1v) is 4.84. The van der Waals surface area contributed by atoms with Gasteiger partial charge in [0.2, 0.25) is 0 Å². The zero-order chi connectivity index (χ0) is 9.42. The second-order valence-corrected chi connectivity index (χ2v) is 4.06. The van der Waals surface area contributed by atoms with Crippen molar-refractivity contribution < 1.29 is 4.42 Å². The summed E-state index contributed by atoms with van der Waals surface area (Å²) in [7, 11) is 2.11. The molecule has 0 N–H and O–H groups in total. The molecule has 13 heavy (non-hydrogen) atoms. The molecule has 1 aliphatic rings. The molecule has 0 fully saturated rings. The average Bonchev–Trinajstić information content (AvgIpc) is 2.46. The van der Waals surface area contributed by atoms with Crippen molar-refractivity contribution in [2.75, 3.05) is 13.6 Å². The highest BCUT2D eigenvalue weighted by molar-refractivity contribution is 5.14. The topological polar surface area (TPSA) is 29.3 Å². The smallest absolute Gasteiger partial charge is 0.197 e. The maximum absolute atomic E-state index is 5.69. The van der Waals surface area contributed by atoms with Crippen LogP contribution in [-0.2, 0) is 13.0 Å². The zero-order valence-corrected chi connectivity index (χ0v) is 8.50. The van der Waals surface area contributed by atoms with Crippen molar-refractivity contribution in [3.63, 3.8) is 0 Å². The Morgan fingerprint density at radius 2 is 2.23 bits per heavy atom. The molecule has 1 aliphatic heterocycles. The van der Waals surface area contributed by atoms with E-state index in [1.165, 1.54) is 5.69 Å². The molecule has 0 unspecified atom stereocenters. The summed E-state index contributed by atoms with van der Waals surface area (Å²) in [5.41, 5.74) is 1.17. The van der Waals surface area contributed by atoms with Crippen LogP contribution in [0.3, 0.4) is 0 Å². The van der Waals surface area contributed by atoms with Gasteiger partial charge in [0.05, 0.1) is 12.2 Å². The Morgan fingerprint density at radius 1 is 1.46 bits per heavy atom. The van der Waals surface area contributed by atoms with Crippen molar-refractivity contribution >= 4 is 0 Å². The van der Waals surface area contributed by atoms with E-state index in [9.17, 15) is 0 Å². The highest BCUT2D eigenvalue weighted by atomic mass is 16.4. The van der Waals surface area contributed by atoms with Gasteiger partial charge in [0.25, 0.3) is 0 Å². The number of likely N-dealkylation sites (N-methyl/N-ethyl adjacent to an activating group) is 1. The Bertz CT molecular complexity index is 304. The van der Waals surface area contributed by atoms with Gasteiger partial charge in [-0.05, 0) is 7.05 Å². The molecular formula is C10H16N2O. The summed E-state index contributed by atoms with van der Waals surface area (Å²) in [4.78, 5) is 6.75. The summed E-state index contributed by atoms with van der Waals surface area (Å²) >= 11 is 0. The van der Waals surface area contributed by atoms with E-state index in [4.69, 9.17) is 4.42 Å². The number of fused-ring (bicyclic) bond motifs is 1. The fourth-order valence-corrected chi connectivity index (χ4v) is 1.59. The number of aromatic nitrogens is 1. The van der Waals surface area contributed by atoms with Crippen LogP contribution in [0.25, 0.3) is 0 Å². The van der Waals surface area contributed by atoms with Gasteiger partial charge in [0.15, 0.2) is 5.89 Å². The monoisotopic (exact) mass is 180 g/mol. The van der Waals surface area contributed by atoms with Gasteiger partial charge < -0.3 is 4.42 Å².